The van der Waals surface area contributed by atoms with Gasteiger partial charge in [-0.05, 0) is 13.0 Å². The third-order valence-corrected chi connectivity index (χ3v) is 2.93. The van der Waals surface area contributed by atoms with Gasteiger partial charge in [-0.2, -0.15) is 0 Å². The fraction of sp³-hybridized carbons (Fsp3) is 0.444. The van der Waals surface area contributed by atoms with Crippen molar-refractivity contribution in [2.24, 2.45) is 0 Å². The largest absolute Gasteiger partial charge is 0.508 e. The molecule has 0 radical (unpaired) electrons. The van der Waals surface area contributed by atoms with Crippen molar-refractivity contribution < 1.29 is 13.5 Å². The average Bonchev–Trinajstić information content (AvgIpc) is 1.99. The second-order valence-corrected chi connectivity index (χ2v) is 5.73. The third kappa shape index (κ3) is 3.39. The van der Waals surface area contributed by atoms with Gasteiger partial charge < -0.3 is 9.67 Å². The van der Waals surface area contributed by atoms with Gasteiger partial charge in [-0.25, -0.2) is 8.42 Å². The van der Waals surface area contributed by atoms with Crippen molar-refractivity contribution in [2.75, 3.05) is 12.0 Å². The maximum Gasteiger partial charge on any atom is 0.254 e. The SMILES string of the molecule is Cc1cc(O)cc(=O)n1CCS(C)(=O)=O. The van der Waals surface area contributed by atoms with E-state index >= 15 is 0 Å². The van der Waals surface area contributed by atoms with Crippen LogP contribution in [0.1, 0.15) is 5.69 Å². The zero-order valence-corrected chi connectivity index (χ0v) is 9.41. The van der Waals surface area contributed by atoms with Crippen molar-refractivity contribution >= 4 is 9.84 Å². The fourth-order valence-corrected chi connectivity index (χ4v) is 1.77. The summed E-state index contributed by atoms with van der Waals surface area (Å²) in [4.78, 5) is 11.4. The molecule has 5 nitrogen and oxygen atoms in total. The van der Waals surface area contributed by atoms with E-state index in [0.717, 1.165) is 12.3 Å². The fourth-order valence-electron chi connectivity index (χ4n) is 1.26. The van der Waals surface area contributed by atoms with E-state index in [2.05, 4.69) is 0 Å². The molecule has 84 valence electrons. The lowest BCUT2D eigenvalue weighted by molar-refractivity contribution is 0.469. The van der Waals surface area contributed by atoms with Crippen LogP contribution in [0.5, 0.6) is 5.75 Å². The quantitative estimate of drug-likeness (QED) is 0.788. The van der Waals surface area contributed by atoms with Crippen LogP contribution in [0.2, 0.25) is 0 Å². The van der Waals surface area contributed by atoms with Gasteiger partial charge in [0.05, 0.1) is 5.75 Å². The predicted molar refractivity (Wildman–Crippen MR) is 56.8 cm³/mol. The molecule has 1 N–H and O–H groups in total. The number of nitrogens with zero attached hydrogens (tertiary/aromatic N) is 1. The normalized spacial score (nSPS) is 11.6. The summed E-state index contributed by atoms with van der Waals surface area (Å²) in [5.74, 6) is -0.188. The van der Waals surface area contributed by atoms with Gasteiger partial charge in [-0.1, -0.05) is 0 Å². The number of aromatic nitrogens is 1. The topological polar surface area (TPSA) is 76.4 Å². The van der Waals surface area contributed by atoms with Crippen LogP contribution in [0, 0.1) is 6.92 Å². The minimum absolute atomic E-state index is 0.0848. The van der Waals surface area contributed by atoms with E-state index in [0.29, 0.717) is 5.69 Å². The van der Waals surface area contributed by atoms with Crippen LogP contribution in [0.25, 0.3) is 0 Å². The minimum atomic E-state index is -3.09. The lowest BCUT2D eigenvalue weighted by Crippen LogP contribution is -2.24. The molecule has 6 heteroatoms. The molecule has 0 saturated heterocycles. The Labute approximate surface area is 87.9 Å². The molecule has 0 atom stereocenters. The second-order valence-electron chi connectivity index (χ2n) is 3.47. The summed E-state index contributed by atoms with van der Waals surface area (Å²) in [6.45, 7) is 1.76. The Kier molecular flexibility index (Phi) is 3.18. The Morgan fingerprint density at radius 1 is 1.40 bits per heavy atom. The number of hydrogen-bond donors (Lipinski definition) is 1. The Morgan fingerprint density at radius 3 is 2.47 bits per heavy atom. The molecule has 0 amide bonds. The van der Waals surface area contributed by atoms with E-state index in [1.807, 2.05) is 0 Å². The Balaban J connectivity index is 3.01. The van der Waals surface area contributed by atoms with Gasteiger partial charge >= 0.3 is 0 Å². The summed E-state index contributed by atoms with van der Waals surface area (Å²) in [5, 5.41) is 9.11. The van der Waals surface area contributed by atoms with Gasteiger partial charge in [-0.15, -0.1) is 0 Å². The number of pyridine rings is 1. The predicted octanol–water partition coefficient (Wildman–Crippen LogP) is -0.0931. The molecule has 1 aromatic heterocycles. The molecule has 0 unspecified atom stereocenters. The first-order valence-electron chi connectivity index (χ1n) is 4.38. The molecule has 0 spiro atoms. The number of rotatable bonds is 3. The number of aryl methyl sites for hydroxylation is 1. The zero-order valence-electron chi connectivity index (χ0n) is 8.60. The second kappa shape index (κ2) is 4.06. The van der Waals surface area contributed by atoms with Crippen LogP contribution in [-0.2, 0) is 16.4 Å². The van der Waals surface area contributed by atoms with Crippen LogP contribution in [0.4, 0.5) is 0 Å². The first kappa shape index (κ1) is 11.8. The first-order valence-corrected chi connectivity index (χ1v) is 6.44. The summed E-state index contributed by atoms with van der Waals surface area (Å²) in [7, 11) is -3.09. The molecule has 0 aliphatic rings. The molecule has 1 aromatic rings. The van der Waals surface area contributed by atoms with E-state index in [-0.39, 0.29) is 18.0 Å². The highest BCUT2D eigenvalue weighted by molar-refractivity contribution is 7.90. The molecule has 1 heterocycles. The van der Waals surface area contributed by atoms with Crippen LogP contribution < -0.4 is 5.56 Å². The van der Waals surface area contributed by atoms with Crippen LogP contribution in [0.15, 0.2) is 16.9 Å². The van der Waals surface area contributed by atoms with Gasteiger partial charge in [0.1, 0.15) is 15.6 Å². The highest BCUT2D eigenvalue weighted by atomic mass is 32.2. The summed E-state index contributed by atoms with van der Waals surface area (Å²) in [6.07, 6.45) is 1.12. The summed E-state index contributed by atoms with van der Waals surface area (Å²) in [6, 6.07) is 2.49. The van der Waals surface area contributed by atoms with E-state index < -0.39 is 15.4 Å². The van der Waals surface area contributed by atoms with Crippen molar-refractivity contribution in [3.8, 4) is 5.75 Å². The third-order valence-electron chi connectivity index (χ3n) is 2.01. The minimum Gasteiger partial charge on any atom is -0.508 e. The van der Waals surface area contributed by atoms with E-state index in [9.17, 15) is 13.2 Å². The Hall–Kier alpha value is -1.30. The Morgan fingerprint density at radius 2 is 2.00 bits per heavy atom. The highest BCUT2D eigenvalue weighted by Crippen LogP contribution is 2.06. The van der Waals surface area contributed by atoms with Crippen LogP contribution in [0.3, 0.4) is 0 Å². The summed E-state index contributed by atoms with van der Waals surface area (Å²) >= 11 is 0. The molecule has 15 heavy (non-hydrogen) atoms. The van der Waals surface area contributed by atoms with Crippen molar-refractivity contribution in [1.82, 2.24) is 4.57 Å². The highest BCUT2D eigenvalue weighted by Gasteiger charge is 2.06. The smallest absolute Gasteiger partial charge is 0.254 e. The van der Waals surface area contributed by atoms with Crippen LogP contribution in [-0.4, -0.2) is 30.1 Å². The molecule has 0 aliphatic carbocycles. The van der Waals surface area contributed by atoms with Crippen LogP contribution >= 0.6 is 0 Å². The van der Waals surface area contributed by atoms with Crippen molar-refractivity contribution in [1.29, 1.82) is 0 Å². The molecular weight excluding hydrogens is 218 g/mol. The first-order chi connectivity index (χ1) is 6.79. The molecule has 0 saturated carbocycles. The number of hydrogen-bond acceptors (Lipinski definition) is 4. The molecule has 0 fully saturated rings. The molecule has 0 aliphatic heterocycles. The van der Waals surface area contributed by atoms with Gasteiger partial charge in [0, 0.05) is 24.6 Å². The number of aromatic hydroxyl groups is 1. The monoisotopic (exact) mass is 231 g/mol. The molecular formula is C9H13NO4S. The lowest BCUT2D eigenvalue weighted by atomic mass is 10.3. The number of sulfone groups is 1. The molecule has 0 bridgehead atoms. The van der Waals surface area contributed by atoms with E-state index in [1.54, 1.807) is 6.92 Å². The van der Waals surface area contributed by atoms with Crippen molar-refractivity contribution in [2.45, 2.75) is 13.5 Å². The lowest BCUT2D eigenvalue weighted by Gasteiger charge is -2.08. The summed E-state index contributed by atoms with van der Waals surface area (Å²) < 4.78 is 23.2. The maximum atomic E-state index is 11.4. The van der Waals surface area contributed by atoms with E-state index in [1.165, 1.54) is 10.6 Å². The van der Waals surface area contributed by atoms with E-state index in [4.69, 9.17) is 5.11 Å². The maximum absolute atomic E-state index is 11.4. The van der Waals surface area contributed by atoms with Crippen molar-refractivity contribution in [3.63, 3.8) is 0 Å². The molecule has 0 aromatic carbocycles. The Bertz CT molecular complexity index is 515. The van der Waals surface area contributed by atoms with Gasteiger partial charge in [0.25, 0.3) is 5.56 Å². The zero-order chi connectivity index (χ0) is 11.6. The van der Waals surface area contributed by atoms with Gasteiger partial charge in [0.2, 0.25) is 0 Å². The average molecular weight is 231 g/mol. The van der Waals surface area contributed by atoms with Crippen molar-refractivity contribution in [3.05, 3.63) is 28.2 Å². The standard InChI is InChI=1S/C9H13NO4S/c1-7-5-8(11)6-9(12)10(7)3-4-15(2,13)14/h5-6,11H,3-4H2,1-2H3. The van der Waals surface area contributed by atoms with Gasteiger partial charge in [-0.3, -0.25) is 4.79 Å². The summed E-state index contributed by atoms with van der Waals surface area (Å²) in [5.41, 5.74) is 0.153. The van der Waals surface area contributed by atoms with Gasteiger partial charge in [0.15, 0.2) is 0 Å². The molecule has 1 rings (SSSR count).